The first-order valence-electron chi connectivity index (χ1n) is 8.45. The fraction of sp³-hybridized carbons (Fsp3) is 0.529. The van der Waals surface area contributed by atoms with E-state index in [9.17, 15) is 14.4 Å². The van der Waals surface area contributed by atoms with Gasteiger partial charge in [0.1, 0.15) is 16.7 Å². The predicted octanol–water partition coefficient (Wildman–Crippen LogP) is 1.82. The molecule has 8 heteroatoms. The number of rotatable bonds is 4. The maximum atomic E-state index is 12.5. The molecule has 1 aliphatic carbocycles. The van der Waals surface area contributed by atoms with Gasteiger partial charge < -0.3 is 19.5 Å². The number of ether oxygens (including phenoxy) is 1. The molecule has 0 radical (unpaired) electrons. The number of H-pyrrole nitrogens is 1. The highest BCUT2D eigenvalue weighted by atomic mass is 16.5. The summed E-state index contributed by atoms with van der Waals surface area (Å²) in [6.45, 7) is 3.06. The minimum Gasteiger partial charge on any atom is -0.449 e. The second kappa shape index (κ2) is 7.08. The minimum atomic E-state index is -0.963. The van der Waals surface area contributed by atoms with Crippen molar-refractivity contribution in [3.63, 3.8) is 0 Å². The van der Waals surface area contributed by atoms with E-state index in [1.54, 1.807) is 6.92 Å². The number of hydrogen-bond acceptors (Lipinski definition) is 6. The van der Waals surface area contributed by atoms with Gasteiger partial charge in [-0.15, -0.1) is 0 Å². The third-order valence-corrected chi connectivity index (χ3v) is 4.48. The number of aryl methyl sites for hydroxylation is 1. The van der Waals surface area contributed by atoms with Crippen LogP contribution in [0.2, 0.25) is 0 Å². The summed E-state index contributed by atoms with van der Waals surface area (Å²) in [4.78, 5) is 42.9. The van der Waals surface area contributed by atoms with Gasteiger partial charge >= 0.3 is 5.97 Å². The number of hydrogen-bond donors (Lipinski definition) is 2. The van der Waals surface area contributed by atoms with Crippen LogP contribution in [0, 0.1) is 6.92 Å². The van der Waals surface area contributed by atoms with Crippen LogP contribution in [-0.4, -0.2) is 34.0 Å². The van der Waals surface area contributed by atoms with E-state index >= 15 is 0 Å². The summed E-state index contributed by atoms with van der Waals surface area (Å²) in [6, 6.07) is 0.130. The molecule has 1 amide bonds. The average Bonchev–Trinajstić information content (AvgIpc) is 2.93. The number of aromatic nitrogens is 2. The average molecular weight is 347 g/mol. The van der Waals surface area contributed by atoms with Crippen LogP contribution in [-0.2, 0) is 9.53 Å². The third kappa shape index (κ3) is 3.57. The van der Waals surface area contributed by atoms with Crippen LogP contribution in [0.15, 0.2) is 15.5 Å². The summed E-state index contributed by atoms with van der Waals surface area (Å²) >= 11 is 0. The van der Waals surface area contributed by atoms with E-state index in [2.05, 4.69) is 15.3 Å². The summed E-state index contributed by atoms with van der Waals surface area (Å²) < 4.78 is 10.6. The maximum absolute atomic E-state index is 12.5. The van der Waals surface area contributed by atoms with Gasteiger partial charge in [-0.2, -0.15) is 0 Å². The fourth-order valence-corrected chi connectivity index (χ4v) is 3.14. The molecule has 0 saturated heterocycles. The van der Waals surface area contributed by atoms with Crippen LogP contribution < -0.4 is 10.9 Å². The standard InChI is InChI=1S/C17H21N3O5/c1-9-12(13-15(22)18-8-19-16(13)24-9)17(23)25-10(2)14(21)20-11-6-4-3-5-7-11/h8,10-11H,3-7H2,1-2H3,(H,20,21)(H,18,19,22)/t10-/m1/s1. The molecule has 1 saturated carbocycles. The van der Waals surface area contributed by atoms with Crippen molar-refractivity contribution < 1.29 is 18.7 Å². The lowest BCUT2D eigenvalue weighted by Crippen LogP contribution is -2.42. The van der Waals surface area contributed by atoms with Crippen molar-refractivity contribution in [2.24, 2.45) is 0 Å². The predicted molar refractivity (Wildman–Crippen MR) is 89.3 cm³/mol. The molecule has 134 valence electrons. The number of nitrogens with zero attached hydrogens (tertiary/aromatic N) is 1. The van der Waals surface area contributed by atoms with Crippen LogP contribution >= 0.6 is 0 Å². The number of furan rings is 1. The molecule has 0 bridgehead atoms. The molecule has 8 nitrogen and oxygen atoms in total. The number of esters is 1. The lowest BCUT2D eigenvalue weighted by atomic mass is 9.95. The molecule has 0 unspecified atom stereocenters. The number of aromatic amines is 1. The molecule has 2 heterocycles. The number of amides is 1. The molecule has 2 aromatic heterocycles. The van der Waals surface area contributed by atoms with E-state index in [-0.39, 0.29) is 34.4 Å². The maximum Gasteiger partial charge on any atom is 0.343 e. The first kappa shape index (κ1) is 17.2. The molecule has 0 spiro atoms. The van der Waals surface area contributed by atoms with Crippen LogP contribution in [0.3, 0.4) is 0 Å². The van der Waals surface area contributed by atoms with Crippen LogP contribution in [0.25, 0.3) is 11.1 Å². The highest BCUT2D eigenvalue weighted by Crippen LogP contribution is 2.22. The number of nitrogens with one attached hydrogen (secondary N) is 2. The zero-order valence-electron chi connectivity index (χ0n) is 14.3. The molecule has 1 fully saturated rings. The zero-order valence-corrected chi connectivity index (χ0v) is 14.3. The van der Waals surface area contributed by atoms with E-state index in [0.717, 1.165) is 25.7 Å². The fourth-order valence-electron chi connectivity index (χ4n) is 3.14. The monoisotopic (exact) mass is 347 g/mol. The Labute approximate surface area is 144 Å². The lowest BCUT2D eigenvalue weighted by Gasteiger charge is -2.24. The summed E-state index contributed by atoms with van der Waals surface area (Å²) in [6.07, 6.45) is 5.49. The molecule has 25 heavy (non-hydrogen) atoms. The second-order valence-corrected chi connectivity index (χ2v) is 6.34. The van der Waals surface area contributed by atoms with Crippen LogP contribution in [0.4, 0.5) is 0 Å². The molecule has 0 aliphatic heterocycles. The molecular weight excluding hydrogens is 326 g/mol. The van der Waals surface area contributed by atoms with E-state index < -0.39 is 17.6 Å². The summed E-state index contributed by atoms with van der Waals surface area (Å²) in [5.41, 5.74) is -0.428. The van der Waals surface area contributed by atoms with Crippen molar-refractivity contribution in [3.8, 4) is 0 Å². The normalized spacial score (nSPS) is 16.6. The molecule has 1 aliphatic rings. The van der Waals surface area contributed by atoms with Gasteiger partial charge in [-0.1, -0.05) is 19.3 Å². The van der Waals surface area contributed by atoms with Gasteiger partial charge in [0.15, 0.2) is 6.10 Å². The quantitative estimate of drug-likeness (QED) is 0.815. The van der Waals surface area contributed by atoms with Crippen LogP contribution in [0.1, 0.15) is 55.1 Å². The Morgan fingerprint density at radius 1 is 1.36 bits per heavy atom. The van der Waals surface area contributed by atoms with Gasteiger partial charge in [0.05, 0.1) is 6.33 Å². The Morgan fingerprint density at radius 3 is 2.80 bits per heavy atom. The van der Waals surface area contributed by atoms with Gasteiger partial charge in [-0.3, -0.25) is 9.59 Å². The van der Waals surface area contributed by atoms with E-state index in [1.165, 1.54) is 19.7 Å². The Balaban J connectivity index is 1.72. The molecule has 1 atom stereocenters. The van der Waals surface area contributed by atoms with Crippen molar-refractivity contribution in [1.82, 2.24) is 15.3 Å². The summed E-state index contributed by atoms with van der Waals surface area (Å²) in [5, 5.41) is 2.94. The van der Waals surface area contributed by atoms with Gasteiger partial charge in [0.2, 0.25) is 5.71 Å². The molecule has 2 aromatic rings. The van der Waals surface area contributed by atoms with Crippen molar-refractivity contribution in [3.05, 3.63) is 28.0 Å². The number of fused-ring (bicyclic) bond motifs is 1. The first-order valence-corrected chi connectivity index (χ1v) is 8.45. The summed E-state index contributed by atoms with van der Waals surface area (Å²) in [7, 11) is 0. The van der Waals surface area contributed by atoms with Crippen LogP contribution in [0.5, 0.6) is 0 Å². The second-order valence-electron chi connectivity index (χ2n) is 6.34. The lowest BCUT2D eigenvalue weighted by molar-refractivity contribution is -0.130. The van der Waals surface area contributed by atoms with E-state index in [0.29, 0.717) is 0 Å². The summed E-state index contributed by atoms with van der Waals surface area (Å²) in [5.74, 6) is -0.886. The highest BCUT2D eigenvalue weighted by Gasteiger charge is 2.27. The number of carbonyl (C=O) groups excluding carboxylic acids is 2. The Kier molecular flexibility index (Phi) is 4.87. The largest absolute Gasteiger partial charge is 0.449 e. The van der Waals surface area contributed by atoms with Crippen molar-refractivity contribution >= 4 is 23.0 Å². The topological polar surface area (TPSA) is 114 Å². The van der Waals surface area contributed by atoms with Gasteiger partial charge in [0, 0.05) is 6.04 Å². The van der Waals surface area contributed by atoms with Crippen molar-refractivity contribution in [2.75, 3.05) is 0 Å². The molecule has 0 aromatic carbocycles. The van der Waals surface area contributed by atoms with E-state index in [1.807, 2.05) is 0 Å². The van der Waals surface area contributed by atoms with Gasteiger partial charge in [-0.05, 0) is 26.7 Å². The molecule has 3 rings (SSSR count). The smallest absolute Gasteiger partial charge is 0.343 e. The molecule has 2 N–H and O–H groups in total. The Morgan fingerprint density at radius 2 is 2.08 bits per heavy atom. The Bertz CT molecular complexity index is 848. The minimum absolute atomic E-state index is 0.00154. The van der Waals surface area contributed by atoms with Gasteiger partial charge in [-0.25, -0.2) is 9.78 Å². The van der Waals surface area contributed by atoms with Crippen molar-refractivity contribution in [2.45, 2.75) is 58.1 Å². The Hall–Kier alpha value is -2.64. The zero-order chi connectivity index (χ0) is 18.0. The van der Waals surface area contributed by atoms with Crippen molar-refractivity contribution in [1.29, 1.82) is 0 Å². The SMILES string of the molecule is Cc1oc2nc[nH]c(=O)c2c1C(=O)O[C@H](C)C(=O)NC1CCCCC1. The first-order chi connectivity index (χ1) is 12.0. The number of carbonyl (C=O) groups is 2. The third-order valence-electron chi connectivity index (χ3n) is 4.48. The highest BCUT2D eigenvalue weighted by molar-refractivity contribution is 6.04. The van der Waals surface area contributed by atoms with Gasteiger partial charge in [0.25, 0.3) is 11.5 Å². The molecular formula is C17H21N3O5. The van der Waals surface area contributed by atoms with E-state index in [4.69, 9.17) is 9.15 Å².